The number of nitrogens with zero attached hydrogens (tertiary/aromatic N) is 1. The Morgan fingerprint density at radius 1 is 1.05 bits per heavy atom. The third-order valence-corrected chi connectivity index (χ3v) is 4.93. The van der Waals surface area contributed by atoms with Gasteiger partial charge in [0.15, 0.2) is 9.84 Å². The van der Waals surface area contributed by atoms with Crippen LogP contribution in [0.1, 0.15) is 11.3 Å². The summed E-state index contributed by atoms with van der Waals surface area (Å²) in [6.07, 6.45) is 1.28. The summed E-state index contributed by atoms with van der Waals surface area (Å²) >= 11 is 17.4. The van der Waals surface area contributed by atoms with Gasteiger partial charge in [-0.2, -0.15) is 0 Å². The highest BCUT2D eigenvalue weighted by molar-refractivity contribution is 7.89. The van der Waals surface area contributed by atoms with Crippen LogP contribution >= 0.6 is 34.8 Å². The predicted molar refractivity (Wildman–Crippen MR) is 83.7 cm³/mol. The first-order valence-electron chi connectivity index (χ1n) is 5.74. The highest BCUT2D eigenvalue weighted by Gasteiger charge is 2.18. The lowest BCUT2D eigenvalue weighted by atomic mass is 10.2. The molecule has 0 spiro atoms. The van der Waals surface area contributed by atoms with Gasteiger partial charge >= 0.3 is 0 Å². The highest BCUT2D eigenvalue weighted by atomic mass is 35.5. The van der Waals surface area contributed by atoms with E-state index >= 15 is 0 Å². The monoisotopic (exact) mass is 365 g/mol. The fourth-order valence-corrected chi connectivity index (χ4v) is 3.78. The molecule has 0 saturated heterocycles. The molecule has 0 unspecified atom stereocenters. The Hall–Kier alpha value is -1.01. The largest absolute Gasteiger partial charge is 0.506 e. The summed E-state index contributed by atoms with van der Waals surface area (Å²) in [5.41, 5.74) is 0.440. The second-order valence-electron chi connectivity index (χ2n) is 4.39. The Balaban J connectivity index is 2.24. The minimum Gasteiger partial charge on any atom is -0.506 e. The summed E-state index contributed by atoms with van der Waals surface area (Å²) in [7, 11) is -3.57. The second-order valence-corrected chi connectivity index (χ2v) is 7.73. The van der Waals surface area contributed by atoms with Crippen molar-refractivity contribution in [3.05, 3.63) is 56.8 Å². The van der Waals surface area contributed by atoms with Gasteiger partial charge in [-0.15, -0.1) is 0 Å². The molecule has 1 N–H and O–H groups in total. The number of hydrogen-bond acceptors (Lipinski definition) is 4. The van der Waals surface area contributed by atoms with Crippen molar-refractivity contribution in [1.29, 1.82) is 0 Å². The number of benzene rings is 1. The first kappa shape index (κ1) is 16.4. The molecule has 1 aromatic carbocycles. The van der Waals surface area contributed by atoms with Gasteiger partial charge in [0.1, 0.15) is 5.75 Å². The second kappa shape index (κ2) is 6.40. The maximum absolute atomic E-state index is 12.2. The maximum Gasteiger partial charge on any atom is 0.160 e. The van der Waals surface area contributed by atoms with Gasteiger partial charge < -0.3 is 5.11 Å². The molecule has 0 aliphatic carbocycles. The molecule has 1 heterocycles. The average molecular weight is 367 g/mol. The standard InChI is InChI=1S/C13H10Cl3NO3S/c14-9-1-2-11(16)8(3-9)6-21(19,20)7-12-13(18)4-10(15)5-17-12/h1-5,18H,6-7H2. The number of hydrogen-bond donors (Lipinski definition) is 1. The Morgan fingerprint density at radius 2 is 1.76 bits per heavy atom. The van der Waals surface area contributed by atoms with Crippen LogP contribution in [0.4, 0.5) is 0 Å². The van der Waals surface area contributed by atoms with Crippen molar-refractivity contribution in [2.24, 2.45) is 0 Å². The lowest BCUT2D eigenvalue weighted by Gasteiger charge is -2.08. The third-order valence-electron chi connectivity index (χ3n) is 2.65. The van der Waals surface area contributed by atoms with Crippen LogP contribution in [-0.2, 0) is 21.3 Å². The Bertz CT molecular complexity index is 778. The van der Waals surface area contributed by atoms with Crippen LogP contribution in [0, 0.1) is 0 Å². The summed E-state index contributed by atoms with van der Waals surface area (Å²) < 4.78 is 24.4. The zero-order valence-corrected chi connectivity index (χ0v) is 13.6. The summed E-state index contributed by atoms with van der Waals surface area (Å²) in [6.45, 7) is 0. The molecule has 0 saturated carbocycles. The molecule has 2 rings (SSSR count). The van der Waals surface area contributed by atoms with E-state index in [-0.39, 0.29) is 22.2 Å². The molecule has 0 fully saturated rings. The first-order valence-corrected chi connectivity index (χ1v) is 8.70. The van der Waals surface area contributed by atoms with E-state index in [0.29, 0.717) is 15.6 Å². The van der Waals surface area contributed by atoms with Crippen molar-refractivity contribution in [3.63, 3.8) is 0 Å². The molecule has 21 heavy (non-hydrogen) atoms. The summed E-state index contributed by atoms with van der Waals surface area (Å²) in [6, 6.07) is 5.85. The molecular formula is C13H10Cl3NO3S. The van der Waals surface area contributed by atoms with Crippen molar-refractivity contribution in [1.82, 2.24) is 4.98 Å². The van der Waals surface area contributed by atoms with Gasteiger partial charge in [0.2, 0.25) is 0 Å². The Kier molecular flexibility index (Phi) is 4.99. The number of aromatic nitrogens is 1. The van der Waals surface area contributed by atoms with Crippen molar-refractivity contribution >= 4 is 44.6 Å². The molecule has 0 aliphatic heterocycles. The van der Waals surface area contributed by atoms with E-state index in [1.165, 1.54) is 24.4 Å². The number of pyridine rings is 1. The van der Waals surface area contributed by atoms with Gasteiger partial charge in [-0.05, 0) is 23.8 Å². The van der Waals surface area contributed by atoms with Crippen LogP contribution in [0.2, 0.25) is 15.1 Å². The predicted octanol–water partition coefficient (Wildman–Crippen LogP) is 3.86. The molecule has 0 radical (unpaired) electrons. The van der Waals surface area contributed by atoms with E-state index in [1.54, 1.807) is 6.07 Å². The SMILES string of the molecule is O=S(=O)(Cc1cc(Cl)ccc1Cl)Cc1ncc(Cl)cc1O. The van der Waals surface area contributed by atoms with E-state index in [2.05, 4.69) is 4.98 Å². The van der Waals surface area contributed by atoms with Crippen LogP contribution in [-0.4, -0.2) is 18.5 Å². The van der Waals surface area contributed by atoms with Crippen LogP contribution in [0.5, 0.6) is 5.75 Å². The van der Waals surface area contributed by atoms with Crippen molar-refractivity contribution in [2.75, 3.05) is 0 Å². The normalized spacial score (nSPS) is 11.6. The van der Waals surface area contributed by atoms with Crippen LogP contribution in [0.3, 0.4) is 0 Å². The number of sulfone groups is 1. The Labute approximate surface area is 137 Å². The summed E-state index contributed by atoms with van der Waals surface area (Å²) in [5.74, 6) is -0.974. The van der Waals surface area contributed by atoms with Crippen LogP contribution in [0.15, 0.2) is 30.5 Å². The molecule has 1 aromatic heterocycles. The lowest BCUT2D eigenvalue weighted by molar-refractivity contribution is 0.466. The minimum absolute atomic E-state index is 0.0394. The summed E-state index contributed by atoms with van der Waals surface area (Å²) in [5, 5.41) is 10.6. The van der Waals surface area contributed by atoms with Gasteiger partial charge in [-0.3, -0.25) is 4.98 Å². The van der Waals surface area contributed by atoms with Crippen LogP contribution < -0.4 is 0 Å². The fraction of sp³-hybridized carbons (Fsp3) is 0.154. The van der Waals surface area contributed by atoms with Crippen molar-refractivity contribution in [2.45, 2.75) is 11.5 Å². The van der Waals surface area contributed by atoms with Gasteiger partial charge in [0.25, 0.3) is 0 Å². The maximum atomic E-state index is 12.2. The number of halogens is 3. The van der Waals surface area contributed by atoms with E-state index in [0.717, 1.165) is 0 Å². The fourth-order valence-electron chi connectivity index (χ4n) is 1.72. The van der Waals surface area contributed by atoms with Crippen molar-refractivity contribution in [3.8, 4) is 5.75 Å². The van der Waals surface area contributed by atoms with Gasteiger partial charge in [0, 0.05) is 22.3 Å². The zero-order valence-electron chi connectivity index (χ0n) is 10.6. The first-order chi connectivity index (χ1) is 9.77. The topological polar surface area (TPSA) is 67.3 Å². The number of rotatable bonds is 4. The molecule has 0 bridgehead atoms. The van der Waals surface area contributed by atoms with Crippen LogP contribution in [0.25, 0.3) is 0 Å². The molecule has 0 aliphatic rings. The van der Waals surface area contributed by atoms with Gasteiger partial charge in [-0.1, -0.05) is 34.8 Å². The lowest BCUT2D eigenvalue weighted by Crippen LogP contribution is -2.09. The van der Waals surface area contributed by atoms with Gasteiger partial charge in [-0.25, -0.2) is 8.42 Å². The molecule has 2 aromatic rings. The molecule has 4 nitrogen and oxygen atoms in total. The van der Waals surface area contributed by atoms with E-state index < -0.39 is 15.6 Å². The molecular weight excluding hydrogens is 357 g/mol. The van der Waals surface area contributed by atoms with E-state index in [4.69, 9.17) is 34.8 Å². The third kappa shape index (κ3) is 4.48. The number of aromatic hydroxyl groups is 1. The molecule has 112 valence electrons. The average Bonchev–Trinajstić information content (AvgIpc) is 2.37. The van der Waals surface area contributed by atoms with E-state index in [1.807, 2.05) is 0 Å². The molecule has 8 heteroatoms. The molecule has 0 atom stereocenters. The molecule has 0 amide bonds. The van der Waals surface area contributed by atoms with E-state index in [9.17, 15) is 13.5 Å². The van der Waals surface area contributed by atoms with Gasteiger partial charge in [0.05, 0.1) is 22.2 Å². The smallest absolute Gasteiger partial charge is 0.160 e. The summed E-state index contributed by atoms with van der Waals surface area (Å²) in [4.78, 5) is 3.82. The zero-order chi connectivity index (χ0) is 15.6. The Morgan fingerprint density at radius 3 is 2.43 bits per heavy atom. The van der Waals surface area contributed by atoms with Crippen molar-refractivity contribution < 1.29 is 13.5 Å². The quantitative estimate of drug-likeness (QED) is 0.892. The highest BCUT2D eigenvalue weighted by Crippen LogP contribution is 2.26. The minimum atomic E-state index is -3.57.